The van der Waals surface area contributed by atoms with Crippen molar-refractivity contribution in [3.63, 3.8) is 0 Å². The molecule has 1 heterocycles. The summed E-state index contributed by atoms with van der Waals surface area (Å²) in [5, 5.41) is 5.42. The molecule has 112 valence electrons. The van der Waals surface area contributed by atoms with Gasteiger partial charge >= 0.3 is 0 Å². The van der Waals surface area contributed by atoms with Crippen LogP contribution in [-0.2, 0) is 4.79 Å². The number of carbonyl (C=O) groups is 1. The SMILES string of the molecule is Cc1csc(SC(C)C(=O)Nc2cc(Cl)c(Cl)cc2Cl)n1. The van der Waals surface area contributed by atoms with Crippen LogP contribution in [0.25, 0.3) is 0 Å². The fraction of sp³-hybridized carbons (Fsp3) is 0.231. The maximum absolute atomic E-state index is 12.2. The first-order valence-electron chi connectivity index (χ1n) is 5.91. The van der Waals surface area contributed by atoms with Gasteiger partial charge in [0.15, 0.2) is 4.34 Å². The molecule has 8 heteroatoms. The van der Waals surface area contributed by atoms with Crippen LogP contribution in [0, 0.1) is 6.92 Å². The molecule has 0 saturated heterocycles. The van der Waals surface area contributed by atoms with Crippen LogP contribution in [0.1, 0.15) is 12.6 Å². The molecule has 0 aliphatic carbocycles. The number of nitrogens with one attached hydrogen (secondary N) is 1. The number of anilines is 1. The summed E-state index contributed by atoms with van der Waals surface area (Å²) in [6, 6.07) is 3.04. The van der Waals surface area contributed by atoms with E-state index in [9.17, 15) is 4.79 Å². The number of aryl methyl sites for hydroxylation is 1. The zero-order chi connectivity index (χ0) is 15.6. The normalized spacial score (nSPS) is 12.2. The van der Waals surface area contributed by atoms with Crippen molar-refractivity contribution in [1.82, 2.24) is 4.98 Å². The smallest absolute Gasteiger partial charge is 0.237 e. The predicted molar refractivity (Wildman–Crippen MR) is 92.3 cm³/mol. The number of nitrogens with zero attached hydrogens (tertiary/aromatic N) is 1. The highest BCUT2D eigenvalue weighted by atomic mass is 35.5. The van der Waals surface area contributed by atoms with Crippen LogP contribution in [0.15, 0.2) is 21.9 Å². The molecule has 1 aromatic carbocycles. The first-order valence-corrected chi connectivity index (χ1v) is 8.80. The van der Waals surface area contributed by atoms with E-state index < -0.39 is 0 Å². The topological polar surface area (TPSA) is 42.0 Å². The maximum atomic E-state index is 12.2. The largest absolute Gasteiger partial charge is 0.324 e. The number of aromatic nitrogens is 1. The van der Waals surface area contributed by atoms with Gasteiger partial charge in [0.05, 0.1) is 26.0 Å². The van der Waals surface area contributed by atoms with E-state index in [-0.39, 0.29) is 11.2 Å². The number of thiazole rings is 1. The summed E-state index contributed by atoms with van der Waals surface area (Å²) >= 11 is 20.7. The highest BCUT2D eigenvalue weighted by molar-refractivity contribution is 8.02. The Morgan fingerprint density at radius 1 is 1.29 bits per heavy atom. The monoisotopic (exact) mass is 380 g/mol. The lowest BCUT2D eigenvalue weighted by Gasteiger charge is -2.12. The van der Waals surface area contributed by atoms with Gasteiger partial charge in [-0.3, -0.25) is 4.79 Å². The Kier molecular flexibility index (Phi) is 5.80. The molecule has 21 heavy (non-hydrogen) atoms. The third-order valence-corrected chi connectivity index (χ3v) is 5.74. The molecule has 1 aromatic heterocycles. The number of benzene rings is 1. The van der Waals surface area contributed by atoms with Gasteiger partial charge in [0.1, 0.15) is 0 Å². The molecule has 1 amide bonds. The zero-order valence-corrected chi connectivity index (χ0v) is 15.0. The summed E-state index contributed by atoms with van der Waals surface area (Å²) < 4.78 is 0.857. The maximum Gasteiger partial charge on any atom is 0.237 e. The van der Waals surface area contributed by atoms with Crippen LogP contribution >= 0.6 is 57.9 Å². The van der Waals surface area contributed by atoms with Gasteiger partial charge in [-0.2, -0.15) is 0 Å². The number of hydrogen-bond acceptors (Lipinski definition) is 4. The summed E-state index contributed by atoms with van der Waals surface area (Å²) in [4.78, 5) is 16.5. The highest BCUT2D eigenvalue weighted by Gasteiger charge is 2.18. The molecule has 0 bridgehead atoms. The van der Waals surface area contributed by atoms with Crippen molar-refractivity contribution >= 4 is 69.5 Å². The lowest BCUT2D eigenvalue weighted by Crippen LogP contribution is -2.22. The number of rotatable bonds is 4. The molecule has 0 aliphatic heterocycles. The minimum absolute atomic E-state index is 0.173. The molecule has 3 nitrogen and oxygen atoms in total. The van der Waals surface area contributed by atoms with E-state index in [2.05, 4.69) is 10.3 Å². The van der Waals surface area contributed by atoms with E-state index in [1.54, 1.807) is 0 Å². The van der Waals surface area contributed by atoms with Crippen LogP contribution in [0.2, 0.25) is 15.1 Å². The van der Waals surface area contributed by atoms with Gasteiger partial charge in [-0.05, 0) is 26.0 Å². The van der Waals surface area contributed by atoms with Crippen LogP contribution in [0.5, 0.6) is 0 Å². The van der Waals surface area contributed by atoms with Crippen molar-refractivity contribution in [1.29, 1.82) is 0 Å². The van der Waals surface area contributed by atoms with Gasteiger partial charge in [0.25, 0.3) is 0 Å². The molecule has 0 aliphatic rings. The molecule has 2 aromatic rings. The van der Waals surface area contributed by atoms with Gasteiger partial charge in [0, 0.05) is 11.1 Å². The fourth-order valence-electron chi connectivity index (χ4n) is 1.44. The molecular weight excluding hydrogens is 371 g/mol. The second-order valence-electron chi connectivity index (χ2n) is 4.25. The van der Waals surface area contributed by atoms with E-state index in [0.29, 0.717) is 20.8 Å². The Morgan fingerprint density at radius 2 is 1.95 bits per heavy atom. The fourth-order valence-corrected chi connectivity index (χ4v) is 4.02. The van der Waals surface area contributed by atoms with E-state index in [1.165, 1.54) is 35.2 Å². The number of halogens is 3. The lowest BCUT2D eigenvalue weighted by molar-refractivity contribution is -0.115. The molecule has 0 spiro atoms. The zero-order valence-electron chi connectivity index (χ0n) is 11.1. The average molecular weight is 382 g/mol. The Balaban J connectivity index is 2.05. The van der Waals surface area contributed by atoms with Crippen LogP contribution in [0.3, 0.4) is 0 Å². The van der Waals surface area contributed by atoms with Crippen LogP contribution in [0.4, 0.5) is 5.69 Å². The Morgan fingerprint density at radius 3 is 2.57 bits per heavy atom. The highest BCUT2D eigenvalue weighted by Crippen LogP contribution is 2.33. The summed E-state index contributed by atoms with van der Waals surface area (Å²) in [7, 11) is 0. The summed E-state index contributed by atoms with van der Waals surface area (Å²) in [5.41, 5.74) is 1.39. The van der Waals surface area contributed by atoms with E-state index in [0.717, 1.165) is 10.0 Å². The van der Waals surface area contributed by atoms with Crippen molar-refractivity contribution in [3.8, 4) is 0 Å². The van der Waals surface area contributed by atoms with E-state index in [4.69, 9.17) is 34.8 Å². The Hall–Kier alpha value is -0.460. The molecular formula is C13H11Cl3N2OS2. The number of hydrogen-bond donors (Lipinski definition) is 1. The van der Waals surface area contributed by atoms with E-state index >= 15 is 0 Å². The van der Waals surface area contributed by atoms with Crippen molar-refractivity contribution in [2.45, 2.75) is 23.4 Å². The second-order valence-corrected chi connectivity index (χ2v) is 7.92. The minimum atomic E-state index is -0.305. The van der Waals surface area contributed by atoms with Gasteiger partial charge < -0.3 is 5.32 Å². The van der Waals surface area contributed by atoms with Crippen molar-refractivity contribution in [2.75, 3.05) is 5.32 Å². The third-order valence-electron chi connectivity index (χ3n) is 2.51. The van der Waals surface area contributed by atoms with Crippen LogP contribution < -0.4 is 5.32 Å². The molecule has 0 saturated carbocycles. The number of thioether (sulfide) groups is 1. The molecule has 1 N–H and O–H groups in total. The number of amides is 1. The minimum Gasteiger partial charge on any atom is -0.324 e. The quantitative estimate of drug-likeness (QED) is 0.559. The van der Waals surface area contributed by atoms with Crippen molar-refractivity contribution < 1.29 is 4.79 Å². The van der Waals surface area contributed by atoms with Gasteiger partial charge in [-0.15, -0.1) is 11.3 Å². The predicted octanol–water partition coefficient (Wildman–Crippen LogP) is 5.53. The van der Waals surface area contributed by atoms with Gasteiger partial charge in [-0.1, -0.05) is 46.6 Å². The molecule has 1 atom stereocenters. The number of carbonyl (C=O) groups excluding carboxylic acids is 1. The second kappa shape index (κ2) is 7.20. The Labute approximate surface area is 146 Å². The average Bonchev–Trinajstić information content (AvgIpc) is 2.81. The van der Waals surface area contributed by atoms with Gasteiger partial charge in [-0.25, -0.2) is 4.98 Å². The first kappa shape index (κ1) is 16.9. The summed E-state index contributed by atoms with van der Waals surface area (Å²) in [6.45, 7) is 3.73. The molecule has 0 radical (unpaired) electrons. The molecule has 2 rings (SSSR count). The summed E-state index contributed by atoms with van der Waals surface area (Å²) in [6.07, 6.45) is 0. The molecule has 1 unspecified atom stereocenters. The first-order chi connectivity index (χ1) is 9.86. The molecule has 0 fully saturated rings. The third kappa shape index (κ3) is 4.50. The lowest BCUT2D eigenvalue weighted by atomic mass is 10.3. The Bertz CT molecular complexity index is 675. The standard InChI is InChI=1S/C13H11Cl3N2OS2/c1-6-5-20-13(17-6)21-7(2)12(19)18-11-4-9(15)8(14)3-10(11)16/h3-5,7H,1-2H3,(H,18,19). The van der Waals surface area contributed by atoms with Gasteiger partial charge in [0.2, 0.25) is 5.91 Å². The summed E-state index contributed by atoms with van der Waals surface area (Å²) in [5.74, 6) is -0.173. The van der Waals surface area contributed by atoms with E-state index in [1.807, 2.05) is 19.2 Å². The van der Waals surface area contributed by atoms with Crippen molar-refractivity contribution in [3.05, 3.63) is 38.3 Å². The van der Waals surface area contributed by atoms with Crippen LogP contribution in [-0.4, -0.2) is 16.1 Å². The van der Waals surface area contributed by atoms with Crippen molar-refractivity contribution in [2.24, 2.45) is 0 Å².